The fourth-order valence-electron chi connectivity index (χ4n) is 1.98. The first-order chi connectivity index (χ1) is 11.2. The van der Waals surface area contributed by atoms with Crippen molar-refractivity contribution in [1.82, 2.24) is 10.3 Å². The molecule has 5 nitrogen and oxygen atoms in total. The number of hydrogen-bond acceptors (Lipinski definition) is 3. The van der Waals surface area contributed by atoms with Crippen molar-refractivity contribution in [2.24, 2.45) is 5.41 Å². The molecule has 0 saturated carbocycles. The maximum atomic E-state index is 13.0. The fraction of sp³-hybridized carbons (Fsp3) is 0.462. The Morgan fingerprint density at radius 2 is 1.44 bits per heavy atom. The molecule has 12 heteroatoms. The van der Waals surface area contributed by atoms with Crippen LogP contribution in [-0.4, -0.2) is 26.7 Å². The molecule has 1 aromatic carbocycles. The third-order valence-electron chi connectivity index (χ3n) is 3.52. The summed E-state index contributed by atoms with van der Waals surface area (Å²) in [6.45, 7) is 2.16. The average molecular weight is 392 g/mol. The van der Waals surface area contributed by atoms with Crippen molar-refractivity contribution in [2.75, 3.05) is 0 Å². The molecule has 1 amide bonds. The third kappa shape index (κ3) is 4.06. The summed E-state index contributed by atoms with van der Waals surface area (Å²) in [6, 6.07) is 4.87. The van der Waals surface area contributed by atoms with E-state index >= 15 is 0 Å². The van der Waals surface area contributed by atoms with Gasteiger partial charge in [-0.1, -0.05) is 24.6 Å². The first kappa shape index (κ1) is 21.2. The van der Waals surface area contributed by atoms with E-state index in [1.165, 1.54) is 17.0 Å². The lowest BCUT2D eigenvalue weighted by atomic mass is 9.82. The highest BCUT2D eigenvalue weighted by Gasteiger charge is 2.74. The van der Waals surface area contributed by atoms with E-state index in [0.717, 1.165) is 17.6 Å². The molecule has 0 saturated heterocycles. The molecule has 0 aromatic heterocycles. The van der Waals surface area contributed by atoms with Gasteiger partial charge in [0.1, 0.15) is 0 Å². The van der Waals surface area contributed by atoms with Crippen LogP contribution in [0.3, 0.4) is 0 Å². The number of aryl methyl sites for hydroxylation is 1. The van der Waals surface area contributed by atoms with Crippen LogP contribution in [0.25, 0.3) is 0 Å². The third-order valence-corrected chi connectivity index (χ3v) is 4.78. The van der Waals surface area contributed by atoms with Gasteiger partial charge in [0.2, 0.25) is 5.41 Å². The molecule has 0 unspecified atom stereocenters. The first-order valence-corrected chi connectivity index (χ1v) is 8.19. The Hall–Kier alpha value is -1.82. The van der Waals surface area contributed by atoms with Crippen molar-refractivity contribution < 1.29 is 39.6 Å². The molecular weight excluding hydrogens is 378 g/mol. The maximum Gasteiger partial charge on any atom is 0.412 e. The lowest BCUT2D eigenvalue weighted by molar-refractivity contribution is -0.326. The van der Waals surface area contributed by atoms with E-state index in [9.17, 15) is 39.6 Å². The van der Waals surface area contributed by atoms with Gasteiger partial charge in [-0.2, -0.15) is 26.3 Å². The summed E-state index contributed by atoms with van der Waals surface area (Å²) >= 11 is 0. The molecular formula is C13H14F6N2O3S. The molecule has 0 spiro atoms. The lowest BCUT2D eigenvalue weighted by Gasteiger charge is -2.34. The van der Waals surface area contributed by atoms with Crippen molar-refractivity contribution in [2.45, 2.75) is 37.5 Å². The second-order valence-electron chi connectivity index (χ2n) is 5.13. The number of rotatable bonds is 5. The molecule has 1 rings (SSSR count). The SMILES string of the molecule is CCC(C(=O)NNS(=O)(=O)c1ccc(C)cc1)(C(F)(F)F)C(F)(F)F. The van der Waals surface area contributed by atoms with Gasteiger partial charge in [-0.3, -0.25) is 10.2 Å². The number of alkyl halides is 6. The molecule has 1 aromatic rings. The van der Waals surface area contributed by atoms with Crippen molar-refractivity contribution in [3.8, 4) is 0 Å². The van der Waals surface area contributed by atoms with Gasteiger partial charge in [-0.25, -0.2) is 8.42 Å². The number of nitrogens with one attached hydrogen (secondary N) is 2. The number of hydrazine groups is 1. The highest BCUT2D eigenvalue weighted by atomic mass is 32.2. The van der Waals surface area contributed by atoms with Crippen LogP contribution >= 0.6 is 0 Å². The standard InChI is InChI=1S/C13H14F6N2O3S/c1-3-11(12(14,15)16,13(17,18)19)10(22)20-21-25(23,24)9-6-4-8(2)5-7-9/h4-7,21H,3H2,1-2H3,(H,20,22). The zero-order valence-corrected chi connectivity index (χ0v) is 13.7. The quantitative estimate of drug-likeness (QED) is 0.598. The number of sulfonamides is 1. The van der Waals surface area contributed by atoms with E-state index in [0.29, 0.717) is 12.5 Å². The lowest BCUT2D eigenvalue weighted by Crippen LogP contribution is -2.61. The molecule has 0 aliphatic heterocycles. The van der Waals surface area contributed by atoms with Crippen LogP contribution in [-0.2, 0) is 14.8 Å². The van der Waals surface area contributed by atoms with Crippen molar-refractivity contribution >= 4 is 15.9 Å². The zero-order chi connectivity index (χ0) is 19.7. The predicted octanol–water partition coefficient (Wildman–Crippen LogP) is 2.83. The second kappa shape index (κ2) is 6.83. The first-order valence-electron chi connectivity index (χ1n) is 6.71. The Morgan fingerprint density at radius 1 is 1.00 bits per heavy atom. The number of carbonyl (C=O) groups is 1. The largest absolute Gasteiger partial charge is 0.412 e. The van der Waals surface area contributed by atoms with Gasteiger partial charge >= 0.3 is 12.4 Å². The molecule has 0 bridgehead atoms. The number of carbonyl (C=O) groups excluding carboxylic acids is 1. The van der Waals surface area contributed by atoms with E-state index in [1.54, 1.807) is 6.92 Å². The molecule has 0 aliphatic rings. The summed E-state index contributed by atoms with van der Waals surface area (Å²) in [6.07, 6.45) is -13.6. The summed E-state index contributed by atoms with van der Waals surface area (Å²) in [5.41, 5.74) is -3.05. The molecule has 25 heavy (non-hydrogen) atoms. The van der Waals surface area contributed by atoms with Gasteiger partial charge in [0.15, 0.2) is 0 Å². The van der Waals surface area contributed by atoms with Crippen LogP contribution in [0.15, 0.2) is 29.2 Å². The van der Waals surface area contributed by atoms with Crippen LogP contribution in [0, 0.1) is 12.3 Å². The Kier molecular flexibility index (Phi) is 5.79. The maximum absolute atomic E-state index is 13.0. The Balaban J connectivity index is 3.12. The number of benzene rings is 1. The van der Waals surface area contributed by atoms with Crippen LogP contribution in [0.4, 0.5) is 26.3 Å². The number of amides is 1. The zero-order valence-electron chi connectivity index (χ0n) is 12.9. The minimum atomic E-state index is -5.97. The highest BCUT2D eigenvalue weighted by Crippen LogP contribution is 2.52. The molecule has 0 fully saturated rings. The predicted molar refractivity (Wildman–Crippen MR) is 74.5 cm³/mol. The van der Waals surface area contributed by atoms with Gasteiger partial charge in [0.25, 0.3) is 15.9 Å². The van der Waals surface area contributed by atoms with Crippen molar-refractivity contribution in [3.05, 3.63) is 29.8 Å². The van der Waals surface area contributed by atoms with Crippen LogP contribution in [0.1, 0.15) is 18.9 Å². The summed E-state index contributed by atoms with van der Waals surface area (Å²) < 4.78 is 101. The van der Waals surface area contributed by atoms with E-state index in [-0.39, 0.29) is 0 Å². The summed E-state index contributed by atoms with van der Waals surface area (Å²) in [4.78, 5) is 12.4. The molecule has 142 valence electrons. The van der Waals surface area contributed by atoms with Gasteiger partial charge in [-0.15, -0.1) is 4.83 Å². The normalized spacial score (nSPS) is 13.6. The molecule has 0 radical (unpaired) electrons. The Bertz CT molecular complexity index is 712. The summed E-state index contributed by atoms with van der Waals surface area (Å²) in [7, 11) is -4.55. The van der Waals surface area contributed by atoms with Crippen LogP contribution in [0.2, 0.25) is 0 Å². The summed E-state index contributed by atoms with van der Waals surface area (Å²) in [5, 5.41) is 0. The van der Waals surface area contributed by atoms with Crippen molar-refractivity contribution in [3.63, 3.8) is 0 Å². The molecule has 0 aliphatic carbocycles. The van der Waals surface area contributed by atoms with Crippen LogP contribution in [0.5, 0.6) is 0 Å². The number of halogens is 6. The second-order valence-corrected chi connectivity index (χ2v) is 6.81. The monoisotopic (exact) mass is 392 g/mol. The van der Waals surface area contributed by atoms with Gasteiger partial charge in [0.05, 0.1) is 4.90 Å². The minimum absolute atomic E-state index is 0.445. The van der Waals surface area contributed by atoms with E-state index in [2.05, 4.69) is 0 Å². The van der Waals surface area contributed by atoms with Gasteiger partial charge in [-0.05, 0) is 25.5 Å². The Morgan fingerprint density at radius 3 is 1.80 bits per heavy atom. The van der Waals surface area contributed by atoms with E-state index in [1.807, 2.05) is 0 Å². The number of hydrogen-bond donors (Lipinski definition) is 2. The molecule has 2 N–H and O–H groups in total. The minimum Gasteiger partial charge on any atom is -0.277 e. The summed E-state index contributed by atoms with van der Waals surface area (Å²) in [5.74, 6) is -2.56. The molecule has 0 heterocycles. The van der Waals surface area contributed by atoms with E-state index in [4.69, 9.17) is 0 Å². The average Bonchev–Trinajstić information content (AvgIpc) is 2.44. The topological polar surface area (TPSA) is 75.3 Å². The van der Waals surface area contributed by atoms with Crippen LogP contribution < -0.4 is 10.3 Å². The fourth-order valence-corrected chi connectivity index (χ4v) is 2.82. The van der Waals surface area contributed by atoms with Gasteiger partial charge < -0.3 is 0 Å². The smallest absolute Gasteiger partial charge is 0.277 e. The van der Waals surface area contributed by atoms with Crippen molar-refractivity contribution in [1.29, 1.82) is 0 Å². The van der Waals surface area contributed by atoms with Gasteiger partial charge in [0, 0.05) is 0 Å². The highest BCUT2D eigenvalue weighted by molar-refractivity contribution is 7.89. The van der Waals surface area contributed by atoms with E-state index < -0.39 is 45.0 Å². The molecule has 0 atom stereocenters. The Labute approximate surface area is 139 Å².